The Morgan fingerprint density at radius 2 is 1.71 bits per heavy atom. The molecule has 0 fully saturated rings. The minimum atomic E-state index is -0.439. The maximum atomic E-state index is 12.1. The second-order valence-corrected chi connectivity index (χ2v) is 6.53. The van der Waals surface area contributed by atoms with Gasteiger partial charge in [-0.05, 0) is 37.5 Å². The predicted octanol–water partition coefficient (Wildman–Crippen LogP) is 5.45. The van der Waals surface area contributed by atoms with E-state index in [-0.39, 0.29) is 11.5 Å². The van der Waals surface area contributed by atoms with Crippen molar-refractivity contribution in [2.45, 2.75) is 52.1 Å². The largest absolute Gasteiger partial charge is 0.507 e. The molecule has 0 aliphatic carbocycles. The van der Waals surface area contributed by atoms with Crippen molar-refractivity contribution in [1.82, 2.24) is 0 Å². The number of rotatable bonds is 5. The van der Waals surface area contributed by atoms with Gasteiger partial charge >= 0.3 is 0 Å². The maximum Gasteiger partial charge on any atom is 0.167 e. The summed E-state index contributed by atoms with van der Waals surface area (Å²) in [6.07, 6.45) is 3.73. The number of hydrogen-bond acceptors (Lipinski definition) is 3. The number of fused-ring (bicyclic) bond motifs is 3. The first-order chi connectivity index (χ1) is 11.5. The molecular formula is C21H24O3. The summed E-state index contributed by atoms with van der Waals surface area (Å²) >= 11 is 0. The average Bonchev–Trinajstić information content (AvgIpc) is 2.55. The molecule has 3 rings (SSSR count). The number of aromatic hydroxyl groups is 1. The van der Waals surface area contributed by atoms with Crippen molar-refractivity contribution in [3.8, 4) is 22.6 Å². The fraction of sp³-hybridized carbons (Fsp3) is 0.381. The lowest BCUT2D eigenvalue weighted by Crippen LogP contribution is -2.36. The minimum absolute atomic E-state index is 0.0115. The summed E-state index contributed by atoms with van der Waals surface area (Å²) < 4.78 is 6.52. The fourth-order valence-corrected chi connectivity index (χ4v) is 3.90. The van der Waals surface area contributed by atoms with Crippen LogP contribution in [-0.2, 0) is 5.60 Å². The Hall–Kier alpha value is -2.29. The number of phenols is 1. The van der Waals surface area contributed by atoms with Gasteiger partial charge in [0.05, 0.1) is 0 Å². The van der Waals surface area contributed by atoms with E-state index >= 15 is 0 Å². The topological polar surface area (TPSA) is 46.5 Å². The van der Waals surface area contributed by atoms with E-state index in [0.717, 1.165) is 36.8 Å². The Morgan fingerprint density at radius 1 is 1.04 bits per heavy atom. The molecule has 126 valence electrons. The van der Waals surface area contributed by atoms with Crippen molar-refractivity contribution in [3.63, 3.8) is 0 Å². The Bertz CT molecular complexity index is 771. The van der Waals surface area contributed by atoms with E-state index in [2.05, 4.69) is 26.0 Å². The van der Waals surface area contributed by atoms with Crippen LogP contribution in [0.5, 0.6) is 11.5 Å². The first-order valence-electron chi connectivity index (χ1n) is 8.70. The molecule has 0 spiro atoms. The van der Waals surface area contributed by atoms with Gasteiger partial charge in [0.25, 0.3) is 0 Å². The van der Waals surface area contributed by atoms with E-state index in [4.69, 9.17) is 4.74 Å². The summed E-state index contributed by atoms with van der Waals surface area (Å²) in [7, 11) is 0. The third kappa shape index (κ3) is 2.48. The van der Waals surface area contributed by atoms with Gasteiger partial charge in [0.1, 0.15) is 22.7 Å². The zero-order valence-corrected chi connectivity index (χ0v) is 14.6. The van der Waals surface area contributed by atoms with E-state index < -0.39 is 5.60 Å². The number of ether oxygens (including phenoxy) is 1. The second-order valence-electron chi connectivity index (χ2n) is 6.53. The van der Waals surface area contributed by atoms with Crippen LogP contribution in [0.1, 0.15) is 62.4 Å². The highest BCUT2D eigenvalue weighted by Crippen LogP contribution is 2.51. The first-order valence-corrected chi connectivity index (χ1v) is 8.70. The number of carbonyl (C=O) groups is 1. The van der Waals surface area contributed by atoms with Crippen molar-refractivity contribution in [3.05, 3.63) is 47.5 Å². The smallest absolute Gasteiger partial charge is 0.167 e. The van der Waals surface area contributed by atoms with Crippen LogP contribution in [0.3, 0.4) is 0 Å². The molecule has 1 aliphatic rings. The van der Waals surface area contributed by atoms with Crippen LogP contribution in [-0.4, -0.2) is 10.9 Å². The standard InChI is InChI=1S/C21H24O3/c1-4-12-21(13-5-2)17-9-7-6-8-15(17)16-10-11-18(23)19(14(3)22)20(16)24-21/h6-11,23H,4-5,12-13H2,1-3H3. The Balaban J connectivity index is 2.32. The highest BCUT2D eigenvalue weighted by Gasteiger charge is 2.41. The van der Waals surface area contributed by atoms with Gasteiger partial charge in [-0.25, -0.2) is 0 Å². The van der Waals surface area contributed by atoms with Gasteiger partial charge in [-0.2, -0.15) is 0 Å². The minimum Gasteiger partial charge on any atom is -0.507 e. The summed E-state index contributed by atoms with van der Waals surface area (Å²) in [6.45, 7) is 5.76. The molecule has 0 aromatic heterocycles. The lowest BCUT2D eigenvalue weighted by molar-refractivity contribution is 0.0413. The number of phenolic OH excluding ortho intramolecular Hbond substituents is 1. The summed E-state index contributed by atoms with van der Waals surface area (Å²) in [6, 6.07) is 11.7. The molecule has 0 atom stereocenters. The monoisotopic (exact) mass is 324 g/mol. The molecule has 0 amide bonds. The number of benzene rings is 2. The molecule has 0 radical (unpaired) electrons. The molecule has 0 bridgehead atoms. The SMILES string of the molecule is CCCC1(CCC)Oc2c(ccc(O)c2C(C)=O)-c2ccccc21. The molecule has 3 nitrogen and oxygen atoms in total. The van der Waals surface area contributed by atoms with Crippen LogP contribution in [0.2, 0.25) is 0 Å². The lowest BCUT2D eigenvalue weighted by Gasteiger charge is -2.41. The molecule has 0 saturated carbocycles. The van der Waals surface area contributed by atoms with Gasteiger partial charge in [-0.1, -0.05) is 51.0 Å². The Morgan fingerprint density at radius 3 is 2.33 bits per heavy atom. The summed E-state index contributed by atoms with van der Waals surface area (Å²) in [4.78, 5) is 12.1. The van der Waals surface area contributed by atoms with Gasteiger partial charge in [0, 0.05) is 11.1 Å². The summed E-state index contributed by atoms with van der Waals surface area (Å²) in [5, 5.41) is 10.2. The Kier molecular flexibility index (Phi) is 4.35. The third-order valence-electron chi connectivity index (χ3n) is 4.80. The molecule has 2 aromatic rings. The summed E-state index contributed by atoms with van der Waals surface area (Å²) in [5.74, 6) is 0.344. The number of Topliss-reactive ketones (excluding diaryl/α,β-unsaturated/α-hetero) is 1. The van der Waals surface area contributed by atoms with Crippen molar-refractivity contribution >= 4 is 5.78 Å². The number of ketones is 1. The van der Waals surface area contributed by atoms with Gasteiger partial charge in [-0.3, -0.25) is 4.79 Å². The molecule has 1 aliphatic heterocycles. The van der Waals surface area contributed by atoms with Crippen molar-refractivity contribution in [2.75, 3.05) is 0 Å². The molecule has 1 N–H and O–H groups in total. The molecule has 1 heterocycles. The van der Waals surface area contributed by atoms with E-state index in [1.807, 2.05) is 18.2 Å². The fourth-order valence-electron chi connectivity index (χ4n) is 3.90. The normalized spacial score (nSPS) is 14.5. The third-order valence-corrected chi connectivity index (χ3v) is 4.80. The van der Waals surface area contributed by atoms with Crippen molar-refractivity contribution < 1.29 is 14.6 Å². The van der Waals surface area contributed by atoms with E-state index in [1.54, 1.807) is 6.07 Å². The Labute approximate surface area is 143 Å². The summed E-state index contributed by atoms with van der Waals surface area (Å²) in [5.41, 5.74) is 3.02. The van der Waals surface area contributed by atoms with Crippen LogP contribution >= 0.6 is 0 Å². The van der Waals surface area contributed by atoms with Crippen molar-refractivity contribution in [1.29, 1.82) is 0 Å². The van der Waals surface area contributed by atoms with Gasteiger partial charge in [0.2, 0.25) is 0 Å². The van der Waals surface area contributed by atoms with E-state index in [1.165, 1.54) is 12.5 Å². The zero-order valence-electron chi connectivity index (χ0n) is 14.6. The van der Waals surface area contributed by atoms with Crippen LogP contribution in [0.4, 0.5) is 0 Å². The predicted molar refractivity (Wildman–Crippen MR) is 95.7 cm³/mol. The second kappa shape index (κ2) is 6.31. The van der Waals surface area contributed by atoms with Crippen molar-refractivity contribution in [2.24, 2.45) is 0 Å². The maximum absolute atomic E-state index is 12.1. The van der Waals surface area contributed by atoms with Gasteiger partial charge in [-0.15, -0.1) is 0 Å². The van der Waals surface area contributed by atoms with Crippen LogP contribution in [0.25, 0.3) is 11.1 Å². The average molecular weight is 324 g/mol. The van der Waals surface area contributed by atoms with Crippen LogP contribution in [0, 0.1) is 0 Å². The van der Waals surface area contributed by atoms with Gasteiger partial charge < -0.3 is 9.84 Å². The molecule has 0 unspecified atom stereocenters. The highest BCUT2D eigenvalue weighted by atomic mass is 16.5. The molecular weight excluding hydrogens is 300 g/mol. The molecule has 3 heteroatoms. The van der Waals surface area contributed by atoms with Crippen LogP contribution < -0.4 is 4.74 Å². The number of carbonyl (C=O) groups excluding carboxylic acids is 1. The highest BCUT2D eigenvalue weighted by molar-refractivity contribution is 6.02. The van der Waals surface area contributed by atoms with Crippen LogP contribution in [0.15, 0.2) is 36.4 Å². The number of hydrogen-bond donors (Lipinski definition) is 1. The first kappa shape index (κ1) is 16.6. The van der Waals surface area contributed by atoms with E-state index in [9.17, 15) is 9.90 Å². The molecule has 2 aromatic carbocycles. The van der Waals surface area contributed by atoms with E-state index in [0.29, 0.717) is 11.3 Å². The zero-order chi connectivity index (χ0) is 17.3. The molecule has 0 saturated heterocycles. The quantitative estimate of drug-likeness (QED) is 0.744. The van der Waals surface area contributed by atoms with Gasteiger partial charge in [0.15, 0.2) is 5.78 Å². The molecule has 24 heavy (non-hydrogen) atoms. The lowest BCUT2D eigenvalue weighted by atomic mass is 9.78.